The molecule has 76 valence electrons. The number of aromatic amines is 1. The van der Waals surface area contributed by atoms with E-state index in [4.69, 9.17) is 0 Å². The number of alkyl halides is 3. The first-order chi connectivity index (χ1) is 6.45. The van der Waals surface area contributed by atoms with Crippen LogP contribution in [0.25, 0.3) is 0 Å². The predicted octanol–water partition coefficient (Wildman–Crippen LogP) is 0.962. The molecule has 1 aromatic rings. The lowest BCUT2D eigenvalue weighted by Gasteiger charge is -2.10. The van der Waals surface area contributed by atoms with Crippen molar-refractivity contribution in [2.45, 2.75) is 6.18 Å². The van der Waals surface area contributed by atoms with E-state index in [0.29, 0.717) is 6.07 Å². The van der Waals surface area contributed by atoms with E-state index in [1.165, 1.54) is 0 Å². The molecule has 14 heavy (non-hydrogen) atoms. The Labute approximate surface area is 75.8 Å². The number of hydrogen-bond donors (Lipinski definition) is 2. The Morgan fingerprint density at radius 3 is 2.57 bits per heavy atom. The Morgan fingerprint density at radius 2 is 2.07 bits per heavy atom. The van der Waals surface area contributed by atoms with Crippen molar-refractivity contribution >= 4 is 12.1 Å². The lowest BCUT2D eigenvalue weighted by Crippen LogP contribution is -2.16. The van der Waals surface area contributed by atoms with Gasteiger partial charge in [-0.25, -0.2) is 0 Å². The second-order valence-corrected chi connectivity index (χ2v) is 2.38. The highest BCUT2D eigenvalue weighted by Crippen LogP contribution is 2.32. The third-order valence-electron chi connectivity index (χ3n) is 1.44. The van der Waals surface area contributed by atoms with Gasteiger partial charge in [-0.15, -0.1) is 0 Å². The van der Waals surface area contributed by atoms with Gasteiger partial charge >= 0.3 is 6.18 Å². The summed E-state index contributed by atoms with van der Waals surface area (Å²) >= 11 is 0. The van der Waals surface area contributed by atoms with E-state index in [-0.39, 0.29) is 6.41 Å². The van der Waals surface area contributed by atoms with Crippen LogP contribution in [0.15, 0.2) is 17.1 Å². The molecule has 0 unspecified atom stereocenters. The van der Waals surface area contributed by atoms with E-state index >= 15 is 0 Å². The van der Waals surface area contributed by atoms with Gasteiger partial charge < -0.3 is 10.3 Å². The predicted molar refractivity (Wildman–Crippen MR) is 41.8 cm³/mol. The zero-order chi connectivity index (χ0) is 10.8. The summed E-state index contributed by atoms with van der Waals surface area (Å²) in [6.07, 6.45) is -3.78. The average Bonchev–Trinajstić information content (AvgIpc) is 2.07. The Bertz CT molecular complexity index is 397. The Kier molecular flexibility index (Phi) is 2.59. The lowest BCUT2D eigenvalue weighted by atomic mass is 10.2. The fourth-order valence-electron chi connectivity index (χ4n) is 0.889. The molecular weight excluding hydrogens is 201 g/mol. The van der Waals surface area contributed by atoms with Crippen LogP contribution in [0.1, 0.15) is 5.56 Å². The number of rotatable bonds is 2. The molecule has 1 rings (SSSR count). The lowest BCUT2D eigenvalue weighted by molar-refractivity contribution is -0.137. The molecular formula is C7H5F3N2O2. The fourth-order valence-corrected chi connectivity index (χ4v) is 0.889. The van der Waals surface area contributed by atoms with Gasteiger partial charge in [0.25, 0.3) is 0 Å². The molecule has 0 aliphatic rings. The minimum absolute atomic E-state index is 0.100. The smallest absolute Gasteiger partial charge is 0.327 e. The van der Waals surface area contributed by atoms with E-state index < -0.39 is 23.0 Å². The summed E-state index contributed by atoms with van der Waals surface area (Å²) in [6.45, 7) is 0. The number of hydrogen-bond acceptors (Lipinski definition) is 2. The number of amides is 1. The van der Waals surface area contributed by atoms with E-state index in [2.05, 4.69) is 0 Å². The first kappa shape index (κ1) is 10.3. The molecule has 1 amide bonds. The maximum absolute atomic E-state index is 12.2. The summed E-state index contributed by atoms with van der Waals surface area (Å²) in [5.41, 5.74) is -2.53. The van der Waals surface area contributed by atoms with E-state index in [1.54, 1.807) is 0 Å². The summed E-state index contributed by atoms with van der Waals surface area (Å²) in [5.74, 6) is 0. The van der Waals surface area contributed by atoms with E-state index in [9.17, 15) is 22.8 Å². The molecule has 0 aliphatic carbocycles. The molecule has 7 heteroatoms. The molecule has 0 radical (unpaired) electrons. The Morgan fingerprint density at radius 1 is 1.43 bits per heavy atom. The first-order valence-corrected chi connectivity index (χ1v) is 3.45. The minimum atomic E-state index is -4.67. The largest absolute Gasteiger partial charge is 0.418 e. The summed E-state index contributed by atoms with van der Waals surface area (Å²) in [4.78, 5) is 22.6. The number of pyridine rings is 1. The van der Waals surface area contributed by atoms with Crippen LogP contribution in [0.3, 0.4) is 0 Å². The van der Waals surface area contributed by atoms with Crippen LogP contribution in [0.4, 0.5) is 18.9 Å². The second kappa shape index (κ2) is 3.52. The van der Waals surface area contributed by atoms with Crippen molar-refractivity contribution in [2.24, 2.45) is 0 Å². The highest BCUT2D eigenvalue weighted by Gasteiger charge is 2.33. The van der Waals surface area contributed by atoms with Crippen molar-refractivity contribution in [3.63, 3.8) is 0 Å². The van der Waals surface area contributed by atoms with Gasteiger partial charge in [-0.1, -0.05) is 0 Å². The molecule has 1 heterocycles. The van der Waals surface area contributed by atoms with Crippen molar-refractivity contribution in [2.75, 3.05) is 5.32 Å². The summed E-state index contributed by atoms with van der Waals surface area (Å²) < 4.78 is 36.7. The zero-order valence-corrected chi connectivity index (χ0v) is 6.68. The maximum Gasteiger partial charge on any atom is 0.418 e. The second-order valence-electron chi connectivity index (χ2n) is 2.38. The zero-order valence-electron chi connectivity index (χ0n) is 6.68. The summed E-state index contributed by atoms with van der Waals surface area (Å²) in [7, 11) is 0. The van der Waals surface area contributed by atoms with Crippen molar-refractivity contribution < 1.29 is 18.0 Å². The molecule has 0 aliphatic heterocycles. The fraction of sp³-hybridized carbons (Fsp3) is 0.143. The van der Waals surface area contributed by atoms with Crippen LogP contribution in [0, 0.1) is 0 Å². The molecule has 2 N–H and O–H groups in total. The third kappa shape index (κ3) is 2.12. The monoisotopic (exact) mass is 206 g/mol. The molecule has 0 spiro atoms. The number of H-pyrrole nitrogens is 1. The molecule has 4 nitrogen and oxygen atoms in total. The van der Waals surface area contributed by atoms with Gasteiger partial charge in [-0.3, -0.25) is 9.59 Å². The standard InChI is InChI=1S/C7H5F3N2O2/c8-7(9,10)4-1-6(14)11-2-5(4)12-3-13/h1-3H,(H,11,14)(H,12,13). The normalized spacial score (nSPS) is 11.1. The van der Waals surface area contributed by atoms with Crippen molar-refractivity contribution in [3.8, 4) is 0 Å². The number of carbonyl (C=O) groups excluding carboxylic acids is 1. The third-order valence-corrected chi connectivity index (χ3v) is 1.44. The number of halogens is 3. The summed E-state index contributed by atoms with van der Waals surface area (Å²) in [5, 5.41) is 1.84. The van der Waals surface area contributed by atoms with E-state index in [1.807, 2.05) is 10.3 Å². The van der Waals surface area contributed by atoms with Gasteiger partial charge in [0, 0.05) is 12.3 Å². The molecule has 0 saturated heterocycles. The van der Waals surface area contributed by atoms with Crippen LogP contribution in [-0.4, -0.2) is 11.4 Å². The van der Waals surface area contributed by atoms with Gasteiger partial charge in [0.1, 0.15) is 0 Å². The highest BCUT2D eigenvalue weighted by molar-refractivity contribution is 5.73. The molecule has 1 aromatic heterocycles. The van der Waals surface area contributed by atoms with Crippen molar-refractivity contribution in [1.82, 2.24) is 4.98 Å². The Balaban J connectivity index is 3.29. The van der Waals surface area contributed by atoms with Gasteiger partial charge in [-0.05, 0) is 0 Å². The maximum atomic E-state index is 12.2. The topological polar surface area (TPSA) is 62.0 Å². The number of aromatic nitrogens is 1. The quantitative estimate of drug-likeness (QED) is 0.708. The van der Waals surface area contributed by atoms with Gasteiger partial charge in [0.2, 0.25) is 12.0 Å². The van der Waals surface area contributed by atoms with Crippen LogP contribution < -0.4 is 10.9 Å². The van der Waals surface area contributed by atoms with Gasteiger partial charge in [0.05, 0.1) is 11.3 Å². The van der Waals surface area contributed by atoms with Crippen LogP contribution in [0.2, 0.25) is 0 Å². The van der Waals surface area contributed by atoms with E-state index in [0.717, 1.165) is 6.20 Å². The minimum Gasteiger partial charge on any atom is -0.327 e. The SMILES string of the molecule is O=CNc1c[nH]c(=O)cc1C(F)(F)F. The number of anilines is 1. The molecule has 0 fully saturated rings. The highest BCUT2D eigenvalue weighted by atomic mass is 19.4. The molecule has 0 bridgehead atoms. The molecule has 0 aromatic carbocycles. The summed E-state index contributed by atoms with van der Waals surface area (Å²) in [6, 6.07) is 0.381. The number of nitrogens with one attached hydrogen (secondary N) is 2. The van der Waals surface area contributed by atoms with Crippen LogP contribution in [0.5, 0.6) is 0 Å². The van der Waals surface area contributed by atoms with Crippen molar-refractivity contribution in [1.29, 1.82) is 0 Å². The Hall–Kier alpha value is -1.79. The average molecular weight is 206 g/mol. The molecule has 0 saturated carbocycles. The van der Waals surface area contributed by atoms with Crippen molar-refractivity contribution in [3.05, 3.63) is 28.2 Å². The van der Waals surface area contributed by atoms with Gasteiger partial charge in [-0.2, -0.15) is 13.2 Å². The van der Waals surface area contributed by atoms with Gasteiger partial charge in [0.15, 0.2) is 0 Å². The van der Waals surface area contributed by atoms with Crippen LogP contribution in [-0.2, 0) is 11.0 Å². The van der Waals surface area contributed by atoms with Crippen LogP contribution >= 0.6 is 0 Å². The first-order valence-electron chi connectivity index (χ1n) is 3.45. The molecule has 0 atom stereocenters. The number of carbonyl (C=O) groups is 1.